The van der Waals surface area contributed by atoms with Crippen molar-refractivity contribution in [3.8, 4) is 101 Å². The van der Waals surface area contributed by atoms with Gasteiger partial charge in [0.15, 0.2) is 0 Å². The molecule has 0 spiro atoms. The van der Waals surface area contributed by atoms with Crippen LogP contribution in [0.1, 0.15) is 38.9 Å². The van der Waals surface area contributed by atoms with E-state index in [-0.39, 0.29) is 0 Å². The molecule has 0 fully saturated rings. The third-order valence-electron chi connectivity index (χ3n) is 21.0. The van der Waals surface area contributed by atoms with Crippen molar-refractivity contribution in [3.63, 3.8) is 0 Å². The maximum Gasteiger partial charge on any atom is 0.100 e. The summed E-state index contributed by atoms with van der Waals surface area (Å²) < 4.78 is 9.57. The third-order valence-corrected chi connectivity index (χ3v) is 22.1. The first-order valence-corrected chi connectivity index (χ1v) is 35.8. The van der Waals surface area contributed by atoms with Gasteiger partial charge in [0.1, 0.15) is 6.07 Å². The number of nitriles is 1. The number of fused-ring (bicyclic) bond motifs is 12. The summed E-state index contributed by atoms with van der Waals surface area (Å²) in [6.07, 6.45) is 0. The van der Waals surface area contributed by atoms with Gasteiger partial charge in [-0.15, -0.1) is 11.3 Å². The molecule has 5 heterocycles. The zero-order valence-corrected chi connectivity index (χ0v) is 58.3. The lowest BCUT2D eigenvalue weighted by atomic mass is 9.75. The fourth-order valence-electron chi connectivity index (χ4n) is 16.4. The number of rotatable bonds is 10. The highest BCUT2D eigenvalue weighted by Crippen LogP contribution is 2.56. The molecule has 0 atom stereocenters. The van der Waals surface area contributed by atoms with Crippen molar-refractivity contribution in [2.45, 2.75) is 41.5 Å². The Kier molecular flexibility index (Phi) is 14.1. The molecule has 14 aromatic carbocycles. The second-order valence-corrected chi connectivity index (χ2v) is 28.9. The predicted molar refractivity (Wildman–Crippen MR) is 431 cm³/mol. The Bertz CT molecular complexity index is 6480. The van der Waals surface area contributed by atoms with Crippen LogP contribution in [-0.2, 0) is 0 Å². The Morgan fingerprint density at radius 2 is 0.608 bits per heavy atom. The van der Waals surface area contributed by atoms with E-state index >= 15 is 0 Å². The average Bonchev–Trinajstić information content (AvgIpc) is 0.770. The minimum absolute atomic E-state index is 0.575. The van der Waals surface area contributed by atoms with Crippen LogP contribution in [0, 0.1) is 52.9 Å². The predicted octanol–water partition coefficient (Wildman–Crippen LogP) is 26.1. The molecule has 6 heteroatoms. The Balaban J connectivity index is 0.972. The molecule has 102 heavy (non-hydrogen) atoms. The van der Waals surface area contributed by atoms with Crippen LogP contribution in [0.25, 0.3) is 181 Å². The van der Waals surface area contributed by atoms with Crippen molar-refractivity contribution < 1.29 is 0 Å². The van der Waals surface area contributed by atoms with Gasteiger partial charge in [-0.25, -0.2) is 4.98 Å². The topological polar surface area (TPSA) is 51.5 Å². The molecule has 0 radical (unpaired) electrons. The molecular formula is C96H67N5S. The summed E-state index contributed by atoms with van der Waals surface area (Å²) in [5, 5.41) is 22.6. The number of nitrogens with zero attached hydrogens (tertiary/aromatic N) is 5. The van der Waals surface area contributed by atoms with Gasteiger partial charge < -0.3 is 13.7 Å². The van der Waals surface area contributed by atoms with Crippen LogP contribution < -0.4 is 0 Å². The Labute approximate surface area is 596 Å². The maximum atomic E-state index is 13.0. The monoisotopic (exact) mass is 1320 g/mol. The van der Waals surface area contributed by atoms with Crippen LogP contribution in [0.3, 0.4) is 0 Å². The second-order valence-electron chi connectivity index (χ2n) is 27.8. The van der Waals surface area contributed by atoms with E-state index < -0.39 is 0 Å². The van der Waals surface area contributed by atoms with Gasteiger partial charge in [-0.1, -0.05) is 197 Å². The molecule has 0 aliphatic rings. The lowest BCUT2D eigenvalue weighted by Crippen LogP contribution is -2.04. The van der Waals surface area contributed by atoms with E-state index in [1.165, 1.54) is 70.4 Å². The van der Waals surface area contributed by atoms with Gasteiger partial charge in [-0.3, -0.25) is 0 Å². The van der Waals surface area contributed by atoms with Crippen molar-refractivity contribution in [1.82, 2.24) is 18.7 Å². The summed E-state index contributed by atoms with van der Waals surface area (Å²) in [5.74, 6) is 0. The van der Waals surface area contributed by atoms with Crippen molar-refractivity contribution >= 4 is 96.9 Å². The van der Waals surface area contributed by atoms with Gasteiger partial charge in [-0.2, -0.15) is 5.26 Å². The highest BCUT2D eigenvalue weighted by Gasteiger charge is 2.32. The van der Waals surface area contributed by atoms with Crippen LogP contribution >= 0.6 is 11.3 Å². The Morgan fingerprint density at radius 1 is 0.275 bits per heavy atom. The third kappa shape index (κ3) is 9.76. The lowest BCUT2D eigenvalue weighted by Gasteiger charge is -2.27. The highest BCUT2D eigenvalue weighted by atomic mass is 32.1. The molecule has 5 aromatic heterocycles. The number of hydrogen-bond acceptors (Lipinski definition) is 3. The summed E-state index contributed by atoms with van der Waals surface area (Å²) in [5.41, 5.74) is 30.9. The van der Waals surface area contributed by atoms with Crippen LogP contribution in [-0.4, -0.2) is 18.7 Å². The molecule has 5 nitrogen and oxygen atoms in total. The molecule has 0 saturated heterocycles. The largest absolute Gasteiger partial charge is 0.309 e. The van der Waals surface area contributed by atoms with E-state index in [0.29, 0.717) is 5.56 Å². The van der Waals surface area contributed by atoms with Gasteiger partial charge in [0, 0.05) is 91.8 Å². The summed E-state index contributed by atoms with van der Waals surface area (Å²) in [6.45, 7) is 13.1. The fourth-order valence-corrected chi connectivity index (χ4v) is 17.5. The Morgan fingerprint density at radius 3 is 0.990 bits per heavy atom. The molecule has 19 rings (SSSR count). The minimum Gasteiger partial charge on any atom is -0.309 e. The van der Waals surface area contributed by atoms with E-state index in [2.05, 4.69) is 359 Å². The summed E-state index contributed by atoms with van der Waals surface area (Å²) in [6, 6.07) is 113. The number of thiophene rings is 1. The van der Waals surface area contributed by atoms with Crippen LogP contribution in [0.4, 0.5) is 0 Å². The van der Waals surface area contributed by atoms with E-state index in [1.54, 1.807) is 11.3 Å². The molecule has 0 saturated carbocycles. The van der Waals surface area contributed by atoms with E-state index in [1.807, 2.05) is 0 Å². The molecule has 0 bridgehead atoms. The summed E-state index contributed by atoms with van der Waals surface area (Å²) >= 11 is 1.80. The fraction of sp³-hybridized carbons (Fsp3) is 0.0625. The molecule has 0 amide bonds. The first-order valence-electron chi connectivity index (χ1n) is 35.0. The number of benzene rings is 14. The van der Waals surface area contributed by atoms with Crippen LogP contribution in [0.5, 0.6) is 0 Å². The smallest absolute Gasteiger partial charge is 0.100 e. The average molecular weight is 1320 g/mol. The SMILES string of the molecule is Cc1ccc2c(c1)c1cc(C)ccc1n2-c1ccc(-c2c(C#N)c(-c3cccc4sc5ccccc5c34)c(-c3ccc(-n4c5ccc(C)cc5c5cc(C)ccc54)cc3)c(-c3ccc(-n4c5ccc(C)cc5c5cc(C)ccc54)cc3)c2-c2cc(-c3ccccc3)nc(-c3ccccc3)c2)cc1. The normalized spacial score (nSPS) is 11.8. The lowest BCUT2D eigenvalue weighted by molar-refractivity contribution is 1.18. The minimum atomic E-state index is 0.575. The van der Waals surface area contributed by atoms with Gasteiger partial charge in [0.05, 0.1) is 50.1 Å². The number of aryl methyl sites for hydroxylation is 6. The molecule has 0 aliphatic heterocycles. The summed E-state index contributed by atoms with van der Waals surface area (Å²) in [7, 11) is 0. The highest BCUT2D eigenvalue weighted by molar-refractivity contribution is 7.26. The Hall–Kier alpha value is -12.7. The van der Waals surface area contributed by atoms with Gasteiger partial charge in [0.2, 0.25) is 0 Å². The molecule has 19 aromatic rings. The van der Waals surface area contributed by atoms with Gasteiger partial charge in [0.25, 0.3) is 0 Å². The summed E-state index contributed by atoms with van der Waals surface area (Å²) in [4.78, 5) is 5.57. The number of hydrogen-bond donors (Lipinski definition) is 0. The van der Waals surface area contributed by atoms with Crippen molar-refractivity contribution in [1.29, 1.82) is 5.26 Å². The van der Waals surface area contributed by atoms with Gasteiger partial charge in [-0.05, 0) is 220 Å². The first kappa shape index (κ1) is 60.5. The molecule has 0 N–H and O–H groups in total. The number of pyridine rings is 1. The number of aromatic nitrogens is 4. The zero-order chi connectivity index (χ0) is 68.6. The molecule has 0 aliphatic carbocycles. The van der Waals surface area contributed by atoms with Gasteiger partial charge >= 0.3 is 0 Å². The first-order chi connectivity index (χ1) is 50.0. The van der Waals surface area contributed by atoms with E-state index in [0.717, 1.165) is 144 Å². The second kappa shape index (κ2) is 23.8. The van der Waals surface area contributed by atoms with E-state index in [4.69, 9.17) is 4.98 Å². The molecule has 482 valence electrons. The quantitative estimate of drug-likeness (QED) is 0.137. The van der Waals surface area contributed by atoms with Crippen molar-refractivity contribution in [2.24, 2.45) is 0 Å². The maximum absolute atomic E-state index is 13.0. The van der Waals surface area contributed by atoms with Crippen LogP contribution in [0.2, 0.25) is 0 Å². The zero-order valence-electron chi connectivity index (χ0n) is 57.4. The van der Waals surface area contributed by atoms with Crippen molar-refractivity contribution in [2.75, 3.05) is 0 Å². The molecule has 0 unspecified atom stereocenters. The molecular weight excluding hydrogens is 1260 g/mol. The standard InChI is InChI=1S/C96H67N5S/c1-57-24-42-83-74(48-57)75-49-58(2)25-43-84(75)99(83)69-36-30-65(31-37-69)91-80(56-97)96(73-21-15-23-90-95(73)72-20-13-14-22-89(72)102-90)93(67-34-40-71(41-35-67)101-87-46-28-61(5)52-78(87)79-53-62(6)29-47-88(79)101)92(94(91)68-54-81(63-16-9-7-10-17-63)98-82(55-68)64-18-11-8-12-19-64)66-32-38-70(39-33-66)100-85-44-26-59(3)50-76(85)77-51-60(4)27-45-86(77)100/h7-55H,1-6H3. The van der Waals surface area contributed by atoms with Crippen LogP contribution in [0.15, 0.2) is 297 Å². The van der Waals surface area contributed by atoms with Crippen molar-refractivity contribution in [3.05, 3.63) is 336 Å². The van der Waals surface area contributed by atoms with E-state index in [9.17, 15) is 5.26 Å².